The highest BCUT2D eigenvalue weighted by Gasteiger charge is 2.23. The highest BCUT2D eigenvalue weighted by atomic mass is 32.1. The van der Waals surface area contributed by atoms with E-state index >= 15 is 0 Å². The minimum Gasteiger partial charge on any atom is -0.379 e. The van der Waals surface area contributed by atoms with E-state index in [1.807, 2.05) is 11.3 Å². The van der Waals surface area contributed by atoms with Crippen LogP contribution < -0.4 is 5.32 Å². The van der Waals surface area contributed by atoms with E-state index in [2.05, 4.69) is 51.5 Å². The molecule has 1 atom stereocenters. The fraction of sp³-hybridized carbons (Fsp3) is 0.440. The smallest absolute Gasteiger partial charge is 0.146 e. The van der Waals surface area contributed by atoms with Crippen molar-refractivity contribution < 1.29 is 4.74 Å². The summed E-state index contributed by atoms with van der Waals surface area (Å²) < 4.78 is 7.29. The maximum Gasteiger partial charge on any atom is 0.146 e. The molecule has 0 amide bonds. The van der Waals surface area contributed by atoms with Crippen LogP contribution in [-0.2, 0) is 24.1 Å². The Balaban J connectivity index is 1.31. The third kappa shape index (κ3) is 4.31. The highest BCUT2D eigenvalue weighted by Crippen LogP contribution is 2.39. The zero-order chi connectivity index (χ0) is 22.9. The average Bonchev–Trinajstić information content (AvgIpc) is 3.53. The van der Waals surface area contributed by atoms with E-state index in [-0.39, 0.29) is 6.04 Å². The molecule has 0 spiro atoms. The number of aryl methyl sites for hydroxylation is 2. The normalized spacial score (nSPS) is 17.6. The van der Waals surface area contributed by atoms with Crippen LogP contribution in [0, 0.1) is 0 Å². The van der Waals surface area contributed by atoms with Gasteiger partial charge in [-0.2, -0.15) is 5.10 Å². The Morgan fingerprint density at radius 2 is 1.91 bits per heavy atom. The molecule has 0 bridgehead atoms. The Morgan fingerprint density at radius 3 is 2.71 bits per heavy atom. The molecular weight excluding hydrogens is 446 g/mol. The third-order valence-electron chi connectivity index (χ3n) is 6.76. The Labute approximate surface area is 203 Å². The van der Waals surface area contributed by atoms with Gasteiger partial charge in [0.2, 0.25) is 0 Å². The fourth-order valence-electron chi connectivity index (χ4n) is 4.88. The number of hydrogen-bond acceptors (Lipinski definition) is 8. The molecule has 9 heteroatoms. The third-order valence-corrected chi connectivity index (χ3v) is 7.95. The Kier molecular flexibility index (Phi) is 5.98. The topological polar surface area (TPSA) is 81.0 Å². The van der Waals surface area contributed by atoms with Gasteiger partial charge < -0.3 is 10.1 Å². The maximum absolute atomic E-state index is 5.52. The SMILES string of the molecule is CC(Nc1nc(CN2CCOCC2)nc2sc3c(c12)CCCC3)c1ccc(-n2cncn2)cc1. The van der Waals surface area contributed by atoms with E-state index in [4.69, 9.17) is 14.7 Å². The number of fused-ring (bicyclic) bond motifs is 3. The monoisotopic (exact) mass is 475 g/mol. The first kappa shape index (κ1) is 21.6. The molecule has 4 heterocycles. The van der Waals surface area contributed by atoms with Crippen molar-refractivity contribution in [3.8, 4) is 5.69 Å². The van der Waals surface area contributed by atoms with Gasteiger partial charge in [0.25, 0.3) is 0 Å². The number of anilines is 1. The first-order chi connectivity index (χ1) is 16.7. The number of ether oxygens (including phenoxy) is 1. The quantitative estimate of drug-likeness (QED) is 0.449. The van der Waals surface area contributed by atoms with Gasteiger partial charge >= 0.3 is 0 Å². The first-order valence-corrected chi connectivity index (χ1v) is 12.9. The minimum absolute atomic E-state index is 0.110. The summed E-state index contributed by atoms with van der Waals surface area (Å²) in [6.07, 6.45) is 8.06. The summed E-state index contributed by atoms with van der Waals surface area (Å²) in [5.41, 5.74) is 3.66. The molecule has 8 nitrogen and oxygen atoms in total. The largest absolute Gasteiger partial charge is 0.379 e. The van der Waals surface area contributed by atoms with Crippen LogP contribution in [0.3, 0.4) is 0 Å². The van der Waals surface area contributed by atoms with Crippen molar-refractivity contribution in [3.05, 3.63) is 58.7 Å². The Morgan fingerprint density at radius 1 is 1.09 bits per heavy atom. The second-order valence-electron chi connectivity index (χ2n) is 9.07. The van der Waals surface area contributed by atoms with Crippen LogP contribution >= 0.6 is 11.3 Å². The first-order valence-electron chi connectivity index (χ1n) is 12.1. The number of benzene rings is 1. The van der Waals surface area contributed by atoms with Crippen LogP contribution in [-0.4, -0.2) is 55.9 Å². The van der Waals surface area contributed by atoms with Crippen LogP contribution in [0.5, 0.6) is 0 Å². The molecule has 1 N–H and O–H groups in total. The molecule has 0 radical (unpaired) electrons. The van der Waals surface area contributed by atoms with E-state index < -0.39 is 0 Å². The summed E-state index contributed by atoms with van der Waals surface area (Å²) in [5.74, 6) is 1.87. The van der Waals surface area contributed by atoms with E-state index in [0.29, 0.717) is 0 Å². The van der Waals surface area contributed by atoms with Gasteiger partial charge in [-0.25, -0.2) is 19.6 Å². The van der Waals surface area contributed by atoms with Gasteiger partial charge in [-0.15, -0.1) is 11.3 Å². The molecule has 4 aromatic rings. The molecule has 3 aromatic heterocycles. The number of thiophene rings is 1. The van der Waals surface area contributed by atoms with Crippen LogP contribution in [0.15, 0.2) is 36.9 Å². The predicted octanol–water partition coefficient (Wildman–Crippen LogP) is 4.16. The molecule has 6 rings (SSSR count). The molecule has 2 aliphatic rings. The number of nitrogens with zero attached hydrogens (tertiary/aromatic N) is 6. The molecule has 34 heavy (non-hydrogen) atoms. The lowest BCUT2D eigenvalue weighted by Gasteiger charge is -2.26. The van der Waals surface area contributed by atoms with Crippen molar-refractivity contribution in [2.45, 2.75) is 45.2 Å². The summed E-state index contributed by atoms with van der Waals surface area (Å²) in [6, 6.07) is 8.55. The van der Waals surface area contributed by atoms with E-state index in [1.54, 1.807) is 17.3 Å². The van der Waals surface area contributed by atoms with Crippen molar-refractivity contribution in [2.24, 2.45) is 0 Å². The molecule has 1 fully saturated rings. The van der Waals surface area contributed by atoms with Crippen molar-refractivity contribution in [3.63, 3.8) is 0 Å². The number of morpholine rings is 1. The number of hydrogen-bond donors (Lipinski definition) is 1. The zero-order valence-corrected chi connectivity index (χ0v) is 20.2. The van der Waals surface area contributed by atoms with Crippen molar-refractivity contribution >= 4 is 27.4 Å². The summed E-state index contributed by atoms with van der Waals surface area (Å²) in [5, 5.41) is 9.20. The number of nitrogens with one attached hydrogen (secondary N) is 1. The van der Waals surface area contributed by atoms with E-state index in [9.17, 15) is 0 Å². The Hall–Kier alpha value is -2.88. The van der Waals surface area contributed by atoms with Gasteiger partial charge in [0.05, 0.1) is 30.8 Å². The molecule has 176 valence electrons. The zero-order valence-electron chi connectivity index (χ0n) is 19.4. The van der Waals surface area contributed by atoms with Gasteiger partial charge in [-0.3, -0.25) is 4.90 Å². The van der Waals surface area contributed by atoms with Gasteiger partial charge in [-0.05, 0) is 55.9 Å². The lowest BCUT2D eigenvalue weighted by Crippen LogP contribution is -2.36. The summed E-state index contributed by atoms with van der Waals surface area (Å²) >= 11 is 1.86. The number of rotatable bonds is 6. The van der Waals surface area contributed by atoms with E-state index in [0.717, 1.165) is 67.8 Å². The predicted molar refractivity (Wildman–Crippen MR) is 134 cm³/mol. The van der Waals surface area contributed by atoms with Crippen LogP contribution in [0.1, 0.15) is 47.6 Å². The van der Waals surface area contributed by atoms with Crippen LogP contribution in [0.2, 0.25) is 0 Å². The minimum atomic E-state index is 0.110. The highest BCUT2D eigenvalue weighted by molar-refractivity contribution is 7.19. The van der Waals surface area contributed by atoms with Gasteiger partial charge in [0, 0.05) is 24.0 Å². The summed E-state index contributed by atoms with van der Waals surface area (Å²) in [6.45, 7) is 6.38. The van der Waals surface area contributed by atoms with Gasteiger partial charge in [0.1, 0.15) is 29.1 Å². The Bertz CT molecular complexity index is 1260. The van der Waals surface area contributed by atoms with Crippen molar-refractivity contribution in [2.75, 3.05) is 31.6 Å². The van der Waals surface area contributed by atoms with Crippen molar-refractivity contribution in [1.29, 1.82) is 0 Å². The van der Waals surface area contributed by atoms with Crippen LogP contribution in [0.25, 0.3) is 15.9 Å². The second kappa shape index (κ2) is 9.40. The van der Waals surface area contributed by atoms with Crippen molar-refractivity contribution in [1.82, 2.24) is 29.6 Å². The van der Waals surface area contributed by atoms with E-state index in [1.165, 1.54) is 34.2 Å². The van der Waals surface area contributed by atoms with Gasteiger partial charge in [-0.1, -0.05) is 12.1 Å². The molecule has 1 saturated heterocycles. The summed E-state index contributed by atoms with van der Waals surface area (Å²) in [7, 11) is 0. The maximum atomic E-state index is 5.52. The fourth-order valence-corrected chi connectivity index (χ4v) is 6.16. The molecule has 1 aromatic carbocycles. The molecule has 1 aliphatic carbocycles. The molecule has 0 saturated carbocycles. The molecule has 1 aliphatic heterocycles. The van der Waals surface area contributed by atoms with Crippen LogP contribution in [0.4, 0.5) is 5.82 Å². The molecular formula is C25H29N7OS. The average molecular weight is 476 g/mol. The second-order valence-corrected chi connectivity index (χ2v) is 10.1. The lowest BCUT2D eigenvalue weighted by molar-refractivity contribution is 0.0331. The number of aromatic nitrogens is 5. The lowest BCUT2D eigenvalue weighted by atomic mass is 9.97. The van der Waals surface area contributed by atoms with Gasteiger partial charge in [0.15, 0.2) is 0 Å². The standard InChI is InChI=1S/C25H29N7OS/c1-17(18-6-8-19(9-7-18)32-16-26-15-27-32)28-24-23-20-4-2-3-5-21(20)34-25(23)30-22(29-24)14-31-10-12-33-13-11-31/h6-9,15-17H,2-5,10-14H2,1H3,(H,28,29,30). The molecule has 1 unspecified atom stereocenters. The summed E-state index contributed by atoms with van der Waals surface area (Å²) in [4.78, 5) is 19.1.